The Morgan fingerprint density at radius 2 is 1.77 bits per heavy atom. The fraction of sp³-hybridized carbons (Fsp3) is 0.533. The monoisotopic (exact) mass is 614 g/mol. The Kier molecular flexibility index (Phi) is 7.64. The van der Waals surface area contributed by atoms with Crippen LogP contribution in [0.2, 0.25) is 0 Å². The zero-order valence-corrected chi connectivity index (χ0v) is 25.2. The fourth-order valence-corrected chi connectivity index (χ4v) is 7.16. The molecule has 3 fully saturated rings. The van der Waals surface area contributed by atoms with Gasteiger partial charge in [-0.2, -0.15) is 5.10 Å². The number of hydrogen-bond acceptors (Lipinski definition) is 8. The summed E-state index contributed by atoms with van der Waals surface area (Å²) in [5.41, 5.74) is 4.59. The molecule has 2 aromatic heterocycles. The first kappa shape index (κ1) is 29.5. The molecule has 0 atom stereocenters. The van der Waals surface area contributed by atoms with Crippen molar-refractivity contribution in [2.75, 3.05) is 35.6 Å². The lowest BCUT2D eigenvalue weighted by Crippen LogP contribution is -2.35. The lowest BCUT2D eigenvalue weighted by atomic mass is 9.86. The van der Waals surface area contributed by atoms with Gasteiger partial charge in [0.15, 0.2) is 5.75 Å². The number of methoxy groups -OCH3 is 1. The van der Waals surface area contributed by atoms with E-state index in [0.29, 0.717) is 35.5 Å². The molecule has 1 aromatic carbocycles. The Hall–Kier alpha value is -3.61. The minimum Gasteiger partial charge on any atom is -0.468 e. The van der Waals surface area contributed by atoms with Gasteiger partial charge in [-0.1, -0.05) is 0 Å². The van der Waals surface area contributed by atoms with E-state index in [2.05, 4.69) is 24.4 Å². The first-order chi connectivity index (χ1) is 20.4. The number of sulfonamides is 1. The van der Waals surface area contributed by atoms with Gasteiger partial charge < -0.3 is 9.64 Å². The van der Waals surface area contributed by atoms with Gasteiger partial charge in [0.1, 0.15) is 5.82 Å². The van der Waals surface area contributed by atoms with E-state index in [9.17, 15) is 22.0 Å². The molecule has 0 bridgehead atoms. The average Bonchev–Trinajstić information content (AvgIpc) is 3.52. The summed E-state index contributed by atoms with van der Waals surface area (Å²) in [6, 6.07) is 7.10. The molecule has 0 amide bonds. The summed E-state index contributed by atoms with van der Waals surface area (Å²) < 4.78 is 61.4. The average molecular weight is 615 g/mol. The van der Waals surface area contributed by atoms with E-state index in [4.69, 9.17) is 4.98 Å². The summed E-state index contributed by atoms with van der Waals surface area (Å²) in [6.07, 6.45) is 8.64. The molecule has 3 aromatic rings. The van der Waals surface area contributed by atoms with E-state index in [1.54, 1.807) is 23.0 Å². The highest BCUT2D eigenvalue weighted by Crippen LogP contribution is 2.54. The second kappa shape index (κ2) is 11.1. The largest absolute Gasteiger partial charge is 0.468 e. The van der Waals surface area contributed by atoms with E-state index < -0.39 is 27.7 Å². The van der Waals surface area contributed by atoms with Gasteiger partial charge >= 0.3 is 5.97 Å². The lowest BCUT2D eigenvalue weighted by molar-refractivity contribution is -0.137. The topological polar surface area (TPSA) is 119 Å². The molecule has 3 heterocycles. The number of benzene rings is 1. The van der Waals surface area contributed by atoms with Crippen LogP contribution >= 0.6 is 0 Å². The van der Waals surface area contributed by atoms with Crippen molar-refractivity contribution in [3.63, 3.8) is 0 Å². The molecule has 10 nitrogen and oxygen atoms in total. The summed E-state index contributed by atoms with van der Waals surface area (Å²) in [4.78, 5) is 23.2. The van der Waals surface area contributed by atoms with E-state index in [0.717, 1.165) is 55.7 Å². The highest BCUT2D eigenvalue weighted by atomic mass is 32.2. The maximum absolute atomic E-state index is 13.8. The first-order valence-corrected chi connectivity index (χ1v) is 16.3. The highest BCUT2D eigenvalue weighted by Gasteiger charge is 2.44. The van der Waals surface area contributed by atoms with Crippen molar-refractivity contribution in [2.45, 2.75) is 70.1 Å². The lowest BCUT2D eigenvalue weighted by Gasteiger charge is -2.35. The van der Waals surface area contributed by atoms with Crippen molar-refractivity contribution in [1.82, 2.24) is 19.7 Å². The minimum atomic E-state index is -3.96. The van der Waals surface area contributed by atoms with Crippen LogP contribution in [0.25, 0.3) is 16.9 Å². The Labute approximate surface area is 249 Å². The molecule has 1 spiro atoms. The summed E-state index contributed by atoms with van der Waals surface area (Å²) >= 11 is 0. The maximum Gasteiger partial charge on any atom is 0.322 e. The van der Waals surface area contributed by atoms with Crippen LogP contribution in [0.15, 0.2) is 36.7 Å². The van der Waals surface area contributed by atoms with E-state index in [1.807, 2.05) is 25.3 Å². The van der Waals surface area contributed by atoms with Gasteiger partial charge in [0.25, 0.3) is 0 Å². The predicted molar refractivity (Wildman–Crippen MR) is 158 cm³/mol. The van der Waals surface area contributed by atoms with Gasteiger partial charge in [-0.05, 0) is 75.1 Å². The molecule has 1 N–H and O–H groups in total. The fourth-order valence-electron chi connectivity index (χ4n) is 6.17. The maximum atomic E-state index is 13.8. The van der Waals surface area contributed by atoms with Gasteiger partial charge in [0, 0.05) is 49.3 Å². The SMILES string of the molecule is COC(=O)CS(=O)(=O)Nc1ccc(-n2cc(-c3cc(C)nc(C4CCC(F)(F)CC4)n3)cn2)c(N2CCC3(CC2)CC3)c1. The smallest absolute Gasteiger partial charge is 0.322 e. The van der Waals surface area contributed by atoms with Gasteiger partial charge in [-0.25, -0.2) is 31.8 Å². The van der Waals surface area contributed by atoms with Crippen molar-refractivity contribution in [1.29, 1.82) is 0 Å². The third-order valence-corrected chi connectivity index (χ3v) is 10.1. The van der Waals surface area contributed by atoms with Crippen molar-refractivity contribution < 1.29 is 26.7 Å². The van der Waals surface area contributed by atoms with Crippen molar-refractivity contribution in [3.05, 3.63) is 48.2 Å². The van der Waals surface area contributed by atoms with Gasteiger partial charge in [0.2, 0.25) is 15.9 Å². The summed E-state index contributed by atoms with van der Waals surface area (Å²) in [6.45, 7) is 3.56. The van der Waals surface area contributed by atoms with Crippen molar-refractivity contribution >= 4 is 27.4 Å². The number of piperidine rings is 1. The summed E-state index contributed by atoms with van der Waals surface area (Å²) in [7, 11) is -2.81. The number of anilines is 2. The van der Waals surface area contributed by atoms with Crippen LogP contribution < -0.4 is 9.62 Å². The number of esters is 1. The molecule has 1 aliphatic heterocycles. The Bertz CT molecular complexity index is 1620. The summed E-state index contributed by atoms with van der Waals surface area (Å²) in [5.74, 6) is -3.76. The molecule has 6 rings (SSSR count). The van der Waals surface area contributed by atoms with E-state index in [-0.39, 0.29) is 18.8 Å². The number of aromatic nitrogens is 4. The third-order valence-electron chi connectivity index (χ3n) is 8.99. The van der Waals surface area contributed by atoms with E-state index >= 15 is 0 Å². The third kappa shape index (κ3) is 6.66. The molecule has 2 saturated carbocycles. The number of halogens is 2. The molecule has 0 unspecified atom stereocenters. The van der Waals surface area contributed by atoms with Crippen molar-refractivity contribution in [3.8, 4) is 16.9 Å². The number of aryl methyl sites for hydroxylation is 1. The number of carbonyl (C=O) groups is 1. The summed E-state index contributed by atoms with van der Waals surface area (Å²) in [5, 5.41) is 4.64. The number of hydrogen-bond donors (Lipinski definition) is 1. The molecule has 3 aliphatic rings. The van der Waals surface area contributed by atoms with Crippen LogP contribution in [0.4, 0.5) is 20.2 Å². The van der Waals surface area contributed by atoms with Crippen LogP contribution in [-0.4, -0.2) is 66.0 Å². The quantitative estimate of drug-likeness (QED) is 0.343. The van der Waals surface area contributed by atoms with Crippen molar-refractivity contribution in [2.24, 2.45) is 5.41 Å². The predicted octanol–water partition coefficient (Wildman–Crippen LogP) is 5.23. The highest BCUT2D eigenvalue weighted by molar-refractivity contribution is 7.93. The molecular weight excluding hydrogens is 578 g/mol. The number of nitrogens with one attached hydrogen (secondary N) is 1. The normalized spacial score (nSPS) is 19.8. The number of rotatable bonds is 8. The molecule has 0 radical (unpaired) electrons. The first-order valence-electron chi connectivity index (χ1n) is 14.7. The van der Waals surface area contributed by atoms with Crippen LogP contribution in [-0.2, 0) is 19.6 Å². The van der Waals surface area contributed by atoms with Crippen LogP contribution in [0.3, 0.4) is 0 Å². The number of nitrogens with zero attached hydrogens (tertiary/aromatic N) is 5. The van der Waals surface area contributed by atoms with Crippen LogP contribution in [0.1, 0.15) is 68.8 Å². The molecule has 1 saturated heterocycles. The van der Waals surface area contributed by atoms with E-state index in [1.165, 1.54) is 12.8 Å². The Balaban J connectivity index is 1.29. The van der Waals surface area contributed by atoms with Gasteiger partial charge in [-0.3, -0.25) is 9.52 Å². The second-order valence-electron chi connectivity index (χ2n) is 12.2. The second-order valence-corrected chi connectivity index (χ2v) is 13.9. The molecule has 230 valence electrons. The standard InChI is InChI=1S/C30H36F2N6O4S/c1-20-15-24(35-28(34-20)21-5-7-30(31,32)8-6-21)22-17-33-38(18-22)25-4-3-23(36-43(40,41)19-27(39)42-2)16-26(25)37-13-11-29(9-10-29)12-14-37/h3-4,15-18,21,36H,5-14,19H2,1-2H3. The van der Waals surface area contributed by atoms with Crippen LogP contribution in [0, 0.1) is 12.3 Å². The van der Waals surface area contributed by atoms with Gasteiger partial charge in [-0.15, -0.1) is 0 Å². The number of alkyl halides is 2. The number of ether oxygens (including phenoxy) is 1. The molecule has 13 heteroatoms. The molecule has 2 aliphatic carbocycles. The Morgan fingerprint density at radius 3 is 2.44 bits per heavy atom. The Morgan fingerprint density at radius 1 is 1.05 bits per heavy atom. The zero-order valence-electron chi connectivity index (χ0n) is 24.4. The van der Waals surface area contributed by atoms with Gasteiger partial charge in [0.05, 0.1) is 36.1 Å². The number of carbonyl (C=O) groups excluding carboxylic acids is 1. The zero-order chi connectivity index (χ0) is 30.4. The van der Waals surface area contributed by atoms with Crippen LogP contribution in [0.5, 0.6) is 0 Å². The minimum absolute atomic E-state index is 0.107. The molecule has 43 heavy (non-hydrogen) atoms. The molecular formula is C30H36F2N6O4S.